The first-order chi connectivity index (χ1) is 10.4. The highest BCUT2D eigenvalue weighted by Gasteiger charge is 2.24. The molecule has 2 rings (SSSR count). The average molecular weight is 321 g/mol. The molecule has 116 valence electrons. The van der Waals surface area contributed by atoms with Crippen LogP contribution < -0.4 is 5.32 Å². The minimum absolute atomic E-state index is 0.00408. The molecular formula is C15H15NO5S. The fourth-order valence-electron chi connectivity index (χ4n) is 2.10. The quantitative estimate of drug-likeness (QED) is 0.757. The third kappa shape index (κ3) is 3.43. The minimum atomic E-state index is -1.41. The van der Waals surface area contributed by atoms with Crippen molar-refractivity contribution in [2.24, 2.45) is 0 Å². The molecule has 0 radical (unpaired) electrons. The van der Waals surface area contributed by atoms with Crippen LogP contribution in [0.2, 0.25) is 0 Å². The predicted molar refractivity (Wildman–Crippen MR) is 80.6 cm³/mol. The third-order valence-electron chi connectivity index (χ3n) is 3.30. The second kappa shape index (κ2) is 6.57. The van der Waals surface area contributed by atoms with Gasteiger partial charge in [-0.25, -0.2) is 9.59 Å². The Morgan fingerprint density at radius 3 is 2.50 bits per heavy atom. The summed E-state index contributed by atoms with van der Waals surface area (Å²) in [6, 6.07) is 7.16. The molecule has 1 aromatic rings. The van der Waals surface area contributed by atoms with Gasteiger partial charge in [0.15, 0.2) is 0 Å². The maximum Gasteiger partial charge on any atom is 0.333 e. The summed E-state index contributed by atoms with van der Waals surface area (Å²) in [4.78, 5) is 22.9. The number of aryl methyl sites for hydroxylation is 1. The van der Waals surface area contributed by atoms with Crippen LogP contribution in [0.4, 0.5) is 0 Å². The molecule has 1 aliphatic heterocycles. The monoisotopic (exact) mass is 321 g/mol. The van der Waals surface area contributed by atoms with Crippen LogP contribution in [-0.4, -0.2) is 32.1 Å². The van der Waals surface area contributed by atoms with Crippen molar-refractivity contribution in [3.63, 3.8) is 0 Å². The molecule has 0 aromatic heterocycles. The van der Waals surface area contributed by atoms with Gasteiger partial charge in [-0.15, -0.1) is 0 Å². The molecule has 0 fully saturated rings. The molecule has 0 amide bonds. The summed E-state index contributed by atoms with van der Waals surface area (Å²) < 4.78 is 12.4. The molecule has 6 nitrogen and oxygen atoms in total. The molecule has 1 heterocycles. The van der Waals surface area contributed by atoms with E-state index in [-0.39, 0.29) is 29.0 Å². The Kier molecular flexibility index (Phi) is 4.77. The number of hydrogen-bond acceptors (Lipinski definition) is 4. The molecule has 0 bridgehead atoms. The lowest BCUT2D eigenvalue weighted by Gasteiger charge is -2.18. The summed E-state index contributed by atoms with van der Waals surface area (Å²) in [5, 5.41) is 20.8. The molecule has 0 saturated carbocycles. The average Bonchev–Trinajstić information content (AvgIpc) is 2.47. The van der Waals surface area contributed by atoms with E-state index in [0.717, 1.165) is 5.56 Å². The van der Waals surface area contributed by atoms with Gasteiger partial charge in [-0.05, 0) is 18.6 Å². The van der Waals surface area contributed by atoms with E-state index in [1.54, 1.807) is 12.1 Å². The van der Waals surface area contributed by atoms with Crippen molar-refractivity contribution in [1.82, 2.24) is 5.32 Å². The Hall–Kier alpha value is -2.41. The van der Waals surface area contributed by atoms with Crippen LogP contribution in [0.5, 0.6) is 0 Å². The Balaban J connectivity index is 2.25. The van der Waals surface area contributed by atoms with E-state index in [1.807, 2.05) is 19.1 Å². The van der Waals surface area contributed by atoms with E-state index in [4.69, 9.17) is 5.11 Å². The first-order valence-electron chi connectivity index (χ1n) is 6.48. The first-order valence-corrected chi connectivity index (χ1v) is 7.80. The molecule has 0 saturated heterocycles. The fourth-order valence-corrected chi connectivity index (χ4v) is 3.43. The number of carboxylic acids is 2. The maximum absolute atomic E-state index is 12.4. The van der Waals surface area contributed by atoms with E-state index in [2.05, 4.69) is 5.32 Å². The van der Waals surface area contributed by atoms with Crippen molar-refractivity contribution in [2.75, 3.05) is 5.75 Å². The minimum Gasteiger partial charge on any atom is -0.478 e. The zero-order chi connectivity index (χ0) is 16.3. The predicted octanol–water partition coefficient (Wildman–Crippen LogP) is 1.40. The Bertz CT molecular complexity index is 720. The summed E-state index contributed by atoms with van der Waals surface area (Å²) in [6.45, 7) is 1.83. The highest BCUT2D eigenvalue weighted by Crippen LogP contribution is 2.22. The van der Waals surface area contributed by atoms with Crippen LogP contribution in [0, 0.1) is 6.92 Å². The number of carbonyl (C=O) groups is 2. The molecule has 22 heavy (non-hydrogen) atoms. The van der Waals surface area contributed by atoms with E-state index >= 15 is 0 Å². The molecule has 0 aliphatic carbocycles. The summed E-state index contributed by atoms with van der Waals surface area (Å²) in [5.74, 6) is -2.39. The second-order valence-corrected chi connectivity index (χ2v) is 6.23. The molecule has 7 heteroatoms. The highest BCUT2D eigenvalue weighted by molar-refractivity contribution is 7.85. The van der Waals surface area contributed by atoms with Gasteiger partial charge in [-0.2, -0.15) is 0 Å². The van der Waals surface area contributed by atoms with Crippen LogP contribution in [0.25, 0.3) is 0 Å². The molecule has 1 aliphatic rings. The number of nitrogens with one attached hydrogen (secondary N) is 1. The van der Waals surface area contributed by atoms with Gasteiger partial charge in [-0.3, -0.25) is 4.21 Å². The molecule has 1 atom stereocenters. The normalized spacial score (nSPS) is 15.8. The van der Waals surface area contributed by atoms with Gasteiger partial charge in [-0.1, -0.05) is 18.2 Å². The number of benzene rings is 1. The second-order valence-electron chi connectivity index (χ2n) is 4.81. The first kappa shape index (κ1) is 16.0. The topological polar surface area (TPSA) is 104 Å². The Labute approximate surface area is 129 Å². The van der Waals surface area contributed by atoms with Crippen LogP contribution in [-0.2, 0) is 20.4 Å². The Morgan fingerprint density at radius 1 is 1.23 bits per heavy atom. The van der Waals surface area contributed by atoms with E-state index in [1.165, 1.54) is 6.20 Å². The number of carboxylic acid groups (broad SMARTS) is 2. The van der Waals surface area contributed by atoms with Gasteiger partial charge in [0.1, 0.15) is 0 Å². The lowest BCUT2D eigenvalue weighted by atomic mass is 10.0. The van der Waals surface area contributed by atoms with Crippen molar-refractivity contribution >= 4 is 22.7 Å². The van der Waals surface area contributed by atoms with Crippen LogP contribution in [0.1, 0.15) is 12.0 Å². The van der Waals surface area contributed by atoms with Gasteiger partial charge in [0, 0.05) is 23.2 Å². The fraction of sp³-hybridized carbons (Fsp3) is 0.200. The molecule has 1 unspecified atom stereocenters. The lowest BCUT2D eigenvalue weighted by Crippen LogP contribution is -2.25. The van der Waals surface area contributed by atoms with Crippen molar-refractivity contribution in [3.8, 4) is 0 Å². The number of rotatable bonds is 5. The molecular weight excluding hydrogens is 306 g/mol. The van der Waals surface area contributed by atoms with Gasteiger partial charge in [0.2, 0.25) is 0 Å². The van der Waals surface area contributed by atoms with E-state index in [9.17, 15) is 18.9 Å². The number of dihydropyridines is 1. The van der Waals surface area contributed by atoms with E-state index in [0.29, 0.717) is 4.90 Å². The molecule has 0 spiro atoms. The van der Waals surface area contributed by atoms with Crippen molar-refractivity contribution in [1.29, 1.82) is 0 Å². The highest BCUT2D eigenvalue weighted by atomic mass is 32.2. The zero-order valence-corrected chi connectivity index (χ0v) is 12.6. The van der Waals surface area contributed by atoms with Crippen molar-refractivity contribution < 1.29 is 24.0 Å². The van der Waals surface area contributed by atoms with E-state index < -0.39 is 22.7 Å². The van der Waals surface area contributed by atoms with Gasteiger partial charge in [0.05, 0.1) is 27.7 Å². The van der Waals surface area contributed by atoms with Crippen LogP contribution >= 0.6 is 0 Å². The summed E-state index contributed by atoms with van der Waals surface area (Å²) in [6.07, 6.45) is 1.05. The zero-order valence-electron chi connectivity index (χ0n) is 11.8. The summed E-state index contributed by atoms with van der Waals surface area (Å²) in [5.41, 5.74) is 1.03. The smallest absolute Gasteiger partial charge is 0.333 e. The number of aliphatic carboxylic acids is 2. The SMILES string of the molecule is Cc1ccccc1S(=O)CC1=C(C(=O)O)CC(C(=O)O)=CN1. The van der Waals surface area contributed by atoms with Gasteiger partial charge >= 0.3 is 11.9 Å². The van der Waals surface area contributed by atoms with Crippen molar-refractivity contribution in [2.45, 2.75) is 18.2 Å². The maximum atomic E-state index is 12.4. The largest absolute Gasteiger partial charge is 0.478 e. The standard InChI is InChI=1S/C15H15NO5S/c1-9-4-2-3-5-13(9)22(21)8-12-11(15(19)20)6-10(7-16-12)14(17)18/h2-5,7,16H,6,8H2,1H3,(H,17,18)(H,19,20). The van der Waals surface area contributed by atoms with Gasteiger partial charge < -0.3 is 15.5 Å². The lowest BCUT2D eigenvalue weighted by molar-refractivity contribution is -0.133. The number of hydrogen-bond donors (Lipinski definition) is 3. The van der Waals surface area contributed by atoms with Crippen molar-refractivity contribution in [3.05, 3.63) is 52.9 Å². The molecule has 1 aromatic carbocycles. The van der Waals surface area contributed by atoms with Crippen LogP contribution in [0.3, 0.4) is 0 Å². The Morgan fingerprint density at radius 2 is 1.91 bits per heavy atom. The van der Waals surface area contributed by atoms with Crippen LogP contribution in [0.15, 0.2) is 52.2 Å². The third-order valence-corrected chi connectivity index (χ3v) is 4.80. The molecule has 3 N–H and O–H groups in total. The summed E-state index contributed by atoms with van der Waals surface area (Å²) in [7, 11) is -1.41. The van der Waals surface area contributed by atoms with Gasteiger partial charge in [0.25, 0.3) is 0 Å². The summed E-state index contributed by atoms with van der Waals surface area (Å²) >= 11 is 0.